The van der Waals surface area contributed by atoms with Crippen molar-refractivity contribution in [2.45, 2.75) is 51.6 Å². The molecule has 0 bridgehead atoms. The molecule has 0 heterocycles. The van der Waals surface area contributed by atoms with Crippen molar-refractivity contribution in [3.8, 4) is 0 Å². The summed E-state index contributed by atoms with van der Waals surface area (Å²) in [5.74, 6) is -0.974. The summed E-state index contributed by atoms with van der Waals surface area (Å²) in [6.07, 6.45) is 1.03. The number of carbonyl (C=O) groups is 2. The van der Waals surface area contributed by atoms with E-state index in [0.717, 1.165) is 17.4 Å². The van der Waals surface area contributed by atoms with Gasteiger partial charge in [0, 0.05) is 13.3 Å². The van der Waals surface area contributed by atoms with E-state index in [1.54, 1.807) is 0 Å². The maximum absolute atomic E-state index is 10.4. The first kappa shape index (κ1) is 20.3. The van der Waals surface area contributed by atoms with Crippen molar-refractivity contribution in [2.75, 3.05) is 13.2 Å². The van der Waals surface area contributed by atoms with E-state index < -0.39 is 34.2 Å². The van der Waals surface area contributed by atoms with E-state index in [1.165, 1.54) is 6.92 Å². The van der Waals surface area contributed by atoms with E-state index in [9.17, 15) is 9.59 Å². The van der Waals surface area contributed by atoms with Crippen molar-refractivity contribution in [1.29, 1.82) is 0 Å². The van der Waals surface area contributed by atoms with Gasteiger partial charge in [-0.1, -0.05) is 6.92 Å². The number of rotatable bonds is 7. The Labute approximate surface area is 119 Å². The molecule has 0 N–H and O–H groups in total. The molecule has 0 rings (SSSR count). The second-order valence-corrected chi connectivity index (χ2v) is 10.1. The topological polar surface area (TPSA) is 61.8 Å². The second kappa shape index (κ2) is 15.0. The van der Waals surface area contributed by atoms with Gasteiger partial charge in [-0.25, -0.2) is 0 Å². The molecular weight excluding hydrogens is 339 g/mol. The average molecular weight is 364 g/mol. The SMILES string of the molecule is CCCC(=O)OC(C)=O.CC[O][In]([CH2]C)[O]CC. The molecule has 0 unspecified atom stereocenters. The third-order valence-electron chi connectivity index (χ3n) is 1.75. The fourth-order valence-corrected chi connectivity index (χ4v) is 4.81. The van der Waals surface area contributed by atoms with Gasteiger partial charge in [-0.15, -0.1) is 0 Å². The number of ether oxygens (including phenoxy) is 1. The molecule has 0 aliphatic heterocycles. The third-order valence-corrected chi connectivity index (χ3v) is 7.68. The molecule has 0 aromatic carbocycles. The number of esters is 2. The minimum absolute atomic E-state index is 0.319. The normalized spacial score (nSPS) is 9.17. The summed E-state index contributed by atoms with van der Waals surface area (Å²) >= 11 is -1.84. The number of carbonyl (C=O) groups excluding carboxylic acids is 2. The van der Waals surface area contributed by atoms with Crippen LogP contribution in [0.5, 0.6) is 0 Å². The molecule has 0 amide bonds. The van der Waals surface area contributed by atoms with E-state index in [0.29, 0.717) is 12.8 Å². The Hall–Kier alpha value is -0.0699. The zero-order valence-electron chi connectivity index (χ0n) is 12.2. The number of hydrogen-bond acceptors (Lipinski definition) is 5. The molecule has 0 fully saturated rings. The van der Waals surface area contributed by atoms with Crippen molar-refractivity contribution >= 4 is 34.2 Å². The molecule has 0 aliphatic carbocycles. The van der Waals surface area contributed by atoms with Crippen molar-refractivity contribution < 1.29 is 20.0 Å². The molecule has 6 heteroatoms. The van der Waals surface area contributed by atoms with Gasteiger partial charge in [0.25, 0.3) is 0 Å². The molecule has 0 aromatic heterocycles. The molecule has 0 spiro atoms. The van der Waals surface area contributed by atoms with E-state index in [1.807, 2.05) is 20.8 Å². The summed E-state index contributed by atoms with van der Waals surface area (Å²) in [4.78, 5) is 20.5. The van der Waals surface area contributed by atoms with Crippen LogP contribution >= 0.6 is 0 Å². The summed E-state index contributed by atoms with van der Waals surface area (Å²) in [5.41, 5.74) is 0. The first-order valence-corrected chi connectivity index (χ1v) is 11.5. The van der Waals surface area contributed by atoms with Crippen LogP contribution in [-0.2, 0) is 20.0 Å². The zero-order valence-corrected chi connectivity index (χ0v) is 15.4. The summed E-state index contributed by atoms with van der Waals surface area (Å²) in [7, 11) is 0. The van der Waals surface area contributed by atoms with Crippen molar-refractivity contribution in [3.63, 3.8) is 0 Å². The molecular formula is C12H25InO5. The summed E-state index contributed by atoms with van der Waals surface area (Å²) < 4.78 is 16.2. The predicted molar refractivity (Wildman–Crippen MR) is 71.2 cm³/mol. The molecule has 0 radical (unpaired) electrons. The summed E-state index contributed by atoms with van der Waals surface area (Å²) in [6, 6.07) is 0. The second-order valence-electron chi connectivity index (χ2n) is 3.46. The molecule has 5 nitrogen and oxygen atoms in total. The molecule has 0 aliphatic rings. The third kappa shape index (κ3) is 15.9. The van der Waals surface area contributed by atoms with Gasteiger partial charge in [0.1, 0.15) is 0 Å². The van der Waals surface area contributed by atoms with Crippen LogP contribution in [0.25, 0.3) is 0 Å². The van der Waals surface area contributed by atoms with Crippen LogP contribution in [-0.4, -0.2) is 47.5 Å². The fourth-order valence-electron chi connectivity index (χ4n) is 1.07. The molecule has 0 aromatic rings. The first-order chi connectivity index (χ1) is 8.51. The van der Waals surface area contributed by atoms with Crippen LogP contribution in [0.1, 0.15) is 47.5 Å². The maximum atomic E-state index is 10.4. The quantitative estimate of drug-likeness (QED) is 0.513. The predicted octanol–water partition coefficient (Wildman–Crippen LogP) is 2.44. The Balaban J connectivity index is 0. The van der Waals surface area contributed by atoms with Crippen molar-refractivity contribution in [3.05, 3.63) is 0 Å². The van der Waals surface area contributed by atoms with Crippen LogP contribution in [0.4, 0.5) is 0 Å². The van der Waals surface area contributed by atoms with E-state index in [4.69, 9.17) is 5.71 Å². The zero-order chi connectivity index (χ0) is 14.4. The molecule has 106 valence electrons. The molecule has 0 saturated carbocycles. The van der Waals surface area contributed by atoms with Gasteiger partial charge >= 0.3 is 78.1 Å². The number of hydrogen-bond donors (Lipinski definition) is 0. The van der Waals surface area contributed by atoms with Gasteiger partial charge in [-0.05, 0) is 6.42 Å². The average Bonchev–Trinajstić information content (AvgIpc) is 2.29. The Morgan fingerprint density at radius 2 is 1.50 bits per heavy atom. The van der Waals surface area contributed by atoms with E-state index in [2.05, 4.69) is 11.7 Å². The van der Waals surface area contributed by atoms with Crippen LogP contribution in [0.3, 0.4) is 0 Å². The Bertz CT molecular complexity index is 215. The van der Waals surface area contributed by atoms with Crippen LogP contribution in [0.15, 0.2) is 0 Å². The summed E-state index contributed by atoms with van der Waals surface area (Å²) in [6.45, 7) is 10.9. The van der Waals surface area contributed by atoms with E-state index >= 15 is 0 Å². The van der Waals surface area contributed by atoms with Crippen LogP contribution in [0.2, 0.25) is 4.18 Å². The minimum atomic E-state index is -1.84. The van der Waals surface area contributed by atoms with Gasteiger partial charge < -0.3 is 4.74 Å². The standard InChI is InChI=1S/C6H10O3.2C2H5O.C2H5.In/c1-3-4-6(8)9-5(2)7;2*1-2-3;1-2;/h3-4H2,1-2H3;2*2H2,1H3;1H2,2H3;/q;2*-1;;+2. The Morgan fingerprint density at radius 1 is 1.00 bits per heavy atom. The van der Waals surface area contributed by atoms with Crippen LogP contribution < -0.4 is 0 Å². The molecule has 0 saturated heterocycles. The molecule has 18 heavy (non-hydrogen) atoms. The van der Waals surface area contributed by atoms with Gasteiger partial charge in [-0.2, -0.15) is 0 Å². The Kier molecular flexibility index (Phi) is 16.9. The van der Waals surface area contributed by atoms with Crippen molar-refractivity contribution in [2.24, 2.45) is 0 Å². The van der Waals surface area contributed by atoms with Crippen LogP contribution in [0, 0.1) is 0 Å². The van der Waals surface area contributed by atoms with Gasteiger partial charge in [0.15, 0.2) is 0 Å². The van der Waals surface area contributed by atoms with Crippen molar-refractivity contribution in [1.82, 2.24) is 0 Å². The van der Waals surface area contributed by atoms with Gasteiger partial charge in [0.2, 0.25) is 0 Å². The summed E-state index contributed by atoms with van der Waals surface area (Å²) in [5, 5.41) is 0. The monoisotopic (exact) mass is 364 g/mol. The first-order valence-electron chi connectivity index (χ1n) is 6.46. The van der Waals surface area contributed by atoms with Gasteiger partial charge in [-0.3, -0.25) is 9.59 Å². The van der Waals surface area contributed by atoms with Gasteiger partial charge in [0.05, 0.1) is 0 Å². The Morgan fingerprint density at radius 3 is 1.78 bits per heavy atom. The van der Waals surface area contributed by atoms with E-state index in [-0.39, 0.29) is 0 Å². The fraction of sp³-hybridized carbons (Fsp3) is 0.833. The molecule has 0 atom stereocenters.